The zero-order valence-electron chi connectivity index (χ0n) is 10.6. The Balaban J connectivity index is 1.93. The van der Waals surface area contributed by atoms with Gasteiger partial charge in [0, 0.05) is 24.3 Å². The van der Waals surface area contributed by atoms with E-state index < -0.39 is 15.9 Å². The number of halogens is 1. The van der Waals surface area contributed by atoms with Gasteiger partial charge >= 0.3 is 0 Å². The Bertz CT molecular complexity index is 675. The molecular formula is C12H14ClN3O3S. The summed E-state index contributed by atoms with van der Waals surface area (Å²) in [4.78, 5) is 13.5. The van der Waals surface area contributed by atoms with Gasteiger partial charge in [0.2, 0.25) is 5.91 Å². The van der Waals surface area contributed by atoms with Gasteiger partial charge in [-0.15, -0.1) is 0 Å². The quantitative estimate of drug-likeness (QED) is 0.788. The summed E-state index contributed by atoms with van der Waals surface area (Å²) in [5, 5.41) is 3.18. The number of nitrogens with zero attached hydrogens (tertiary/aromatic N) is 1. The molecule has 108 valence electrons. The first-order valence-corrected chi connectivity index (χ1v) is 8.42. The summed E-state index contributed by atoms with van der Waals surface area (Å²) in [5.41, 5.74) is 7.81. The minimum Gasteiger partial charge on any atom is -0.368 e. The number of amides is 1. The van der Waals surface area contributed by atoms with Crippen LogP contribution in [-0.4, -0.2) is 38.9 Å². The Labute approximate surface area is 121 Å². The first-order valence-electron chi connectivity index (χ1n) is 6.23. The summed E-state index contributed by atoms with van der Waals surface area (Å²) in [7, 11) is -2.94. The van der Waals surface area contributed by atoms with Crippen LogP contribution in [0.3, 0.4) is 0 Å². The van der Waals surface area contributed by atoms with E-state index in [1.165, 1.54) is 0 Å². The second kappa shape index (κ2) is 4.61. The van der Waals surface area contributed by atoms with Crippen molar-refractivity contribution in [3.63, 3.8) is 0 Å². The minimum absolute atomic E-state index is 0.117. The smallest absolute Gasteiger partial charge is 0.245 e. The first-order chi connectivity index (χ1) is 9.37. The lowest BCUT2D eigenvalue weighted by Crippen LogP contribution is -2.40. The van der Waals surface area contributed by atoms with Crippen LogP contribution in [0.5, 0.6) is 0 Å². The molecule has 6 nitrogen and oxygen atoms in total. The monoisotopic (exact) mass is 315 g/mol. The van der Waals surface area contributed by atoms with Gasteiger partial charge in [-0.2, -0.15) is 0 Å². The van der Waals surface area contributed by atoms with Crippen LogP contribution in [0.2, 0.25) is 5.02 Å². The van der Waals surface area contributed by atoms with Crippen molar-refractivity contribution in [1.29, 1.82) is 0 Å². The molecule has 1 fully saturated rings. The van der Waals surface area contributed by atoms with Crippen LogP contribution < -0.4 is 16.0 Å². The Morgan fingerprint density at radius 3 is 2.60 bits per heavy atom. The third-order valence-corrected chi connectivity index (χ3v) is 5.59. The van der Waals surface area contributed by atoms with Crippen molar-refractivity contribution in [2.75, 3.05) is 34.8 Å². The Kier molecular flexibility index (Phi) is 3.15. The third-order valence-electron chi connectivity index (χ3n) is 3.68. The van der Waals surface area contributed by atoms with Crippen LogP contribution in [0, 0.1) is 0 Å². The van der Waals surface area contributed by atoms with Crippen LogP contribution in [-0.2, 0) is 14.6 Å². The standard InChI is InChI=1S/C12H14ClN3O3S/c13-8-5-7-9(15-12(17)11(7)14)6-10(8)16-1-3-20(18,19)4-2-16/h5-6,11H,1-4,14H2,(H,15,17). The molecule has 3 N–H and O–H groups in total. The summed E-state index contributed by atoms with van der Waals surface area (Å²) in [6, 6.07) is 2.75. The lowest BCUT2D eigenvalue weighted by Gasteiger charge is -2.29. The Morgan fingerprint density at radius 2 is 1.95 bits per heavy atom. The van der Waals surface area contributed by atoms with Crippen molar-refractivity contribution in [3.8, 4) is 0 Å². The highest BCUT2D eigenvalue weighted by Gasteiger charge is 2.30. The molecule has 1 saturated heterocycles. The maximum Gasteiger partial charge on any atom is 0.245 e. The molecule has 0 radical (unpaired) electrons. The van der Waals surface area contributed by atoms with Gasteiger partial charge in [0.1, 0.15) is 6.04 Å². The molecule has 1 aromatic carbocycles. The highest BCUT2D eigenvalue weighted by atomic mass is 35.5. The molecule has 2 heterocycles. The molecule has 1 atom stereocenters. The number of nitrogens with one attached hydrogen (secondary N) is 1. The molecule has 1 unspecified atom stereocenters. The van der Waals surface area contributed by atoms with Crippen LogP contribution >= 0.6 is 11.6 Å². The number of hydrogen-bond acceptors (Lipinski definition) is 5. The molecule has 0 bridgehead atoms. The summed E-state index contributed by atoms with van der Waals surface area (Å²) >= 11 is 6.24. The van der Waals surface area contributed by atoms with Crippen molar-refractivity contribution in [3.05, 3.63) is 22.7 Å². The number of carbonyl (C=O) groups is 1. The summed E-state index contributed by atoms with van der Waals surface area (Å²) in [6.07, 6.45) is 0. The van der Waals surface area contributed by atoms with E-state index in [0.29, 0.717) is 29.4 Å². The molecule has 3 rings (SSSR count). The van der Waals surface area contributed by atoms with Crippen molar-refractivity contribution >= 4 is 38.7 Å². The number of sulfone groups is 1. The van der Waals surface area contributed by atoms with Gasteiger partial charge in [0.25, 0.3) is 0 Å². The first kappa shape index (κ1) is 13.7. The largest absolute Gasteiger partial charge is 0.368 e. The number of hydrogen-bond donors (Lipinski definition) is 2. The Hall–Kier alpha value is -1.31. The Morgan fingerprint density at radius 1 is 1.30 bits per heavy atom. The molecule has 1 aromatic rings. The fourth-order valence-electron chi connectivity index (χ4n) is 2.49. The van der Waals surface area contributed by atoms with Crippen molar-refractivity contribution in [2.24, 2.45) is 5.73 Å². The number of fused-ring (bicyclic) bond motifs is 1. The van der Waals surface area contributed by atoms with E-state index in [9.17, 15) is 13.2 Å². The van der Waals surface area contributed by atoms with E-state index in [2.05, 4.69) is 5.32 Å². The topological polar surface area (TPSA) is 92.5 Å². The van der Waals surface area contributed by atoms with E-state index in [4.69, 9.17) is 17.3 Å². The number of carbonyl (C=O) groups excluding carboxylic acids is 1. The van der Waals surface area contributed by atoms with Gasteiger partial charge in [-0.3, -0.25) is 4.79 Å². The number of benzene rings is 1. The third kappa shape index (κ3) is 2.25. The highest BCUT2D eigenvalue weighted by molar-refractivity contribution is 7.91. The minimum atomic E-state index is -2.94. The summed E-state index contributed by atoms with van der Waals surface area (Å²) < 4.78 is 22.9. The normalized spacial score (nSPS) is 24.4. The van der Waals surface area contributed by atoms with Crippen LogP contribution in [0.15, 0.2) is 12.1 Å². The van der Waals surface area contributed by atoms with Crippen molar-refractivity contribution in [2.45, 2.75) is 6.04 Å². The van der Waals surface area contributed by atoms with E-state index in [1.807, 2.05) is 4.90 Å². The number of nitrogens with two attached hydrogens (primary N) is 1. The molecule has 8 heteroatoms. The van der Waals surface area contributed by atoms with Gasteiger partial charge in [0.15, 0.2) is 9.84 Å². The molecule has 20 heavy (non-hydrogen) atoms. The van der Waals surface area contributed by atoms with E-state index >= 15 is 0 Å². The zero-order chi connectivity index (χ0) is 14.5. The van der Waals surface area contributed by atoms with Crippen molar-refractivity contribution < 1.29 is 13.2 Å². The predicted octanol–water partition coefficient (Wildman–Crippen LogP) is 0.527. The van der Waals surface area contributed by atoms with E-state index in [-0.39, 0.29) is 17.4 Å². The van der Waals surface area contributed by atoms with Gasteiger partial charge in [-0.1, -0.05) is 11.6 Å². The second-order valence-corrected chi connectivity index (χ2v) is 7.71. The molecule has 2 aliphatic rings. The average Bonchev–Trinajstić information content (AvgIpc) is 2.65. The van der Waals surface area contributed by atoms with Gasteiger partial charge in [-0.05, 0) is 12.1 Å². The van der Waals surface area contributed by atoms with Crippen LogP contribution in [0.4, 0.5) is 11.4 Å². The lowest BCUT2D eigenvalue weighted by molar-refractivity contribution is -0.116. The molecule has 0 aromatic heterocycles. The van der Waals surface area contributed by atoms with Crippen molar-refractivity contribution in [1.82, 2.24) is 0 Å². The number of anilines is 2. The maximum absolute atomic E-state index is 11.5. The molecule has 2 aliphatic heterocycles. The summed E-state index contributed by atoms with van der Waals surface area (Å²) in [6.45, 7) is 0.807. The molecule has 0 aliphatic carbocycles. The van der Waals surface area contributed by atoms with Gasteiger partial charge in [0.05, 0.1) is 22.2 Å². The average molecular weight is 316 g/mol. The molecule has 1 amide bonds. The number of rotatable bonds is 1. The zero-order valence-corrected chi connectivity index (χ0v) is 12.2. The van der Waals surface area contributed by atoms with E-state index in [0.717, 1.165) is 5.69 Å². The fraction of sp³-hybridized carbons (Fsp3) is 0.417. The fourth-order valence-corrected chi connectivity index (χ4v) is 3.98. The maximum atomic E-state index is 11.5. The van der Waals surface area contributed by atoms with Gasteiger partial charge in [-0.25, -0.2) is 8.42 Å². The molecular weight excluding hydrogens is 302 g/mol. The van der Waals surface area contributed by atoms with Crippen LogP contribution in [0.25, 0.3) is 0 Å². The predicted molar refractivity (Wildman–Crippen MR) is 77.9 cm³/mol. The molecule has 0 saturated carbocycles. The summed E-state index contributed by atoms with van der Waals surface area (Å²) in [5.74, 6) is -0.0205. The van der Waals surface area contributed by atoms with Gasteiger partial charge < -0.3 is 16.0 Å². The van der Waals surface area contributed by atoms with E-state index in [1.54, 1.807) is 12.1 Å². The lowest BCUT2D eigenvalue weighted by atomic mass is 10.1. The second-order valence-electron chi connectivity index (χ2n) is 5.00. The van der Waals surface area contributed by atoms with Crippen LogP contribution in [0.1, 0.15) is 11.6 Å². The SMILES string of the molecule is NC1C(=O)Nc2cc(N3CCS(=O)(=O)CC3)c(Cl)cc21. The molecule has 0 spiro atoms. The highest BCUT2D eigenvalue weighted by Crippen LogP contribution is 2.38.